The Balaban J connectivity index is -0.000000211. The summed E-state index contributed by atoms with van der Waals surface area (Å²) in [5.74, 6) is 1.31. The van der Waals surface area contributed by atoms with Crippen LogP contribution in [-0.2, 0) is 9.47 Å². The Hall–Kier alpha value is -1.54. The van der Waals surface area contributed by atoms with Crippen LogP contribution in [0.25, 0.3) is 0 Å². The van der Waals surface area contributed by atoms with Crippen molar-refractivity contribution in [2.24, 2.45) is 11.8 Å². The first kappa shape index (κ1) is 35.9. The van der Waals surface area contributed by atoms with Crippen LogP contribution < -0.4 is 10.6 Å². The highest BCUT2D eigenvalue weighted by Crippen LogP contribution is 2.02. The zero-order valence-corrected chi connectivity index (χ0v) is 18.5. The van der Waals surface area contributed by atoms with Gasteiger partial charge >= 0.3 is 12.2 Å². The molecule has 0 heterocycles. The van der Waals surface area contributed by atoms with Crippen LogP contribution in [0.15, 0.2) is 0 Å². The monoisotopic (exact) mass is 438 g/mol. The van der Waals surface area contributed by atoms with Crippen molar-refractivity contribution in [3.63, 3.8) is 0 Å². The Morgan fingerprint density at radius 3 is 1.63 bits per heavy atom. The topological polar surface area (TPSA) is 117 Å². The maximum Gasteiger partial charge on any atom is 0.407 e. The molecule has 0 radical (unpaired) electrons. The number of carbonyl (C=O) groups excluding carboxylic acids is 2. The van der Waals surface area contributed by atoms with Crippen molar-refractivity contribution in [2.75, 3.05) is 26.3 Å². The van der Waals surface area contributed by atoms with Crippen molar-refractivity contribution in [2.45, 2.75) is 94.3 Å². The minimum atomic E-state index is -0.601. The van der Waals surface area contributed by atoms with Crippen molar-refractivity contribution in [3.05, 3.63) is 0 Å². The molecule has 30 heavy (non-hydrogen) atoms. The van der Waals surface area contributed by atoms with Crippen LogP contribution in [0.1, 0.15) is 82.1 Å². The summed E-state index contributed by atoms with van der Waals surface area (Å²) < 4.78 is 9.52. The molecule has 2 amide bonds. The molecule has 0 aliphatic heterocycles. The highest BCUT2D eigenvalue weighted by Gasteiger charge is 2.06. The second-order valence-electron chi connectivity index (χ2n) is 7.77. The fourth-order valence-electron chi connectivity index (χ4n) is 1.91. The second-order valence-corrected chi connectivity index (χ2v) is 7.77. The van der Waals surface area contributed by atoms with E-state index in [9.17, 15) is 9.59 Å². The molecular formula is C22H50N2O6. The van der Waals surface area contributed by atoms with Crippen LogP contribution in [0.3, 0.4) is 0 Å². The number of ether oxygens (including phenoxy) is 2. The molecule has 0 spiro atoms. The average Bonchev–Trinajstić information content (AvgIpc) is 2.60. The average molecular weight is 439 g/mol. The first-order valence-electron chi connectivity index (χ1n) is 10.2. The van der Waals surface area contributed by atoms with E-state index in [4.69, 9.17) is 19.7 Å². The van der Waals surface area contributed by atoms with E-state index in [-0.39, 0.29) is 28.1 Å². The van der Waals surface area contributed by atoms with Gasteiger partial charge in [-0.2, -0.15) is 0 Å². The van der Waals surface area contributed by atoms with Gasteiger partial charge in [-0.3, -0.25) is 0 Å². The number of carbonyl (C=O) groups is 2. The number of aliphatic hydroxyl groups is 2. The third kappa shape index (κ3) is 31.2. The summed E-state index contributed by atoms with van der Waals surface area (Å²) in [6.07, 6.45) is 2.18. The highest BCUT2D eigenvalue weighted by atomic mass is 16.6. The fraction of sp³-hybridized carbons (Fsp3) is 0.909. The van der Waals surface area contributed by atoms with E-state index in [1.807, 2.05) is 0 Å². The quantitative estimate of drug-likeness (QED) is 0.337. The molecule has 0 saturated heterocycles. The molecule has 0 fully saturated rings. The third-order valence-electron chi connectivity index (χ3n) is 3.48. The third-order valence-corrected chi connectivity index (χ3v) is 3.48. The van der Waals surface area contributed by atoms with Crippen molar-refractivity contribution in [3.8, 4) is 0 Å². The van der Waals surface area contributed by atoms with Gasteiger partial charge in [-0.05, 0) is 51.4 Å². The molecule has 8 heteroatoms. The van der Waals surface area contributed by atoms with Crippen LogP contribution in [-0.4, -0.2) is 60.9 Å². The molecule has 0 rings (SSSR count). The molecule has 0 aliphatic rings. The molecule has 2 atom stereocenters. The first-order chi connectivity index (χ1) is 13.1. The summed E-state index contributed by atoms with van der Waals surface area (Å²) in [6, 6.07) is 0. The van der Waals surface area contributed by atoms with Gasteiger partial charge in [-0.25, -0.2) is 9.59 Å². The van der Waals surface area contributed by atoms with Crippen LogP contribution in [0.5, 0.6) is 0 Å². The summed E-state index contributed by atoms with van der Waals surface area (Å²) in [6.45, 7) is 13.0. The van der Waals surface area contributed by atoms with Gasteiger partial charge < -0.3 is 30.3 Å². The number of alkyl carbamates (subject to hydrolysis) is 2. The molecule has 0 saturated carbocycles. The summed E-state index contributed by atoms with van der Waals surface area (Å²) >= 11 is 0. The van der Waals surface area contributed by atoms with Crippen LogP contribution in [0.2, 0.25) is 0 Å². The van der Waals surface area contributed by atoms with Gasteiger partial charge in [0.05, 0.1) is 12.7 Å². The number of aliphatic hydroxyl groups excluding tert-OH is 2. The van der Waals surface area contributed by atoms with Gasteiger partial charge in [0.15, 0.2) is 0 Å². The lowest BCUT2D eigenvalue weighted by Gasteiger charge is -2.11. The number of rotatable bonds is 12. The second kappa shape index (κ2) is 23.7. The zero-order chi connectivity index (χ0) is 21.9. The van der Waals surface area contributed by atoms with Crippen molar-refractivity contribution < 1.29 is 29.3 Å². The molecular weight excluding hydrogens is 388 g/mol. The smallest absolute Gasteiger partial charge is 0.407 e. The lowest BCUT2D eigenvalue weighted by molar-refractivity contribution is 0.0680. The number of amides is 2. The van der Waals surface area contributed by atoms with Crippen LogP contribution in [0, 0.1) is 11.8 Å². The normalized spacial score (nSPS) is 11.8. The number of nitrogens with one attached hydrogen (secondary N) is 2. The van der Waals surface area contributed by atoms with E-state index in [1.165, 1.54) is 0 Å². The van der Waals surface area contributed by atoms with E-state index < -0.39 is 24.4 Å². The van der Waals surface area contributed by atoms with E-state index >= 15 is 0 Å². The Bertz CT molecular complexity index is 390. The summed E-state index contributed by atoms with van der Waals surface area (Å²) in [5.41, 5.74) is 0. The molecule has 0 aromatic rings. The van der Waals surface area contributed by atoms with E-state index in [2.05, 4.69) is 38.3 Å². The van der Waals surface area contributed by atoms with Crippen LogP contribution >= 0.6 is 0 Å². The van der Waals surface area contributed by atoms with Crippen molar-refractivity contribution in [1.29, 1.82) is 0 Å². The molecule has 8 nitrogen and oxygen atoms in total. The van der Waals surface area contributed by atoms with Crippen molar-refractivity contribution >= 4 is 12.2 Å². The Kier molecular flexibility index (Phi) is 28.4. The van der Waals surface area contributed by atoms with Gasteiger partial charge in [0, 0.05) is 13.1 Å². The molecule has 0 aromatic heterocycles. The van der Waals surface area contributed by atoms with Crippen molar-refractivity contribution in [1.82, 2.24) is 10.6 Å². The first-order valence-corrected chi connectivity index (χ1v) is 10.2. The predicted octanol–water partition coefficient (Wildman–Crippen LogP) is 4.33. The van der Waals surface area contributed by atoms with Gasteiger partial charge in [-0.1, -0.05) is 42.5 Å². The van der Waals surface area contributed by atoms with Crippen LogP contribution in [0.4, 0.5) is 9.59 Å². The largest absolute Gasteiger partial charge is 0.447 e. The fourth-order valence-corrected chi connectivity index (χ4v) is 1.91. The zero-order valence-electron chi connectivity index (χ0n) is 18.5. The summed E-state index contributed by atoms with van der Waals surface area (Å²) in [4.78, 5) is 22.0. The summed E-state index contributed by atoms with van der Waals surface area (Å²) in [7, 11) is 0. The number of hydrogen-bond donors (Lipinski definition) is 4. The summed E-state index contributed by atoms with van der Waals surface area (Å²) in [5, 5.41) is 22.7. The molecule has 184 valence electrons. The standard InChI is InChI=1S/2C10H21NO3.2CH4/c1-8(2)5-4-6-11-10(13)14-7-9(3)12;1-8(2)5-4-6-11-10(13)14-9(3)7-12;;/h2*8-9,12H,4-7H2,1-3H3,(H,11,13);2*1H4. The predicted molar refractivity (Wildman–Crippen MR) is 124 cm³/mol. The van der Waals surface area contributed by atoms with E-state index in [0.29, 0.717) is 24.9 Å². The van der Waals surface area contributed by atoms with E-state index in [0.717, 1.165) is 25.7 Å². The highest BCUT2D eigenvalue weighted by molar-refractivity contribution is 5.67. The van der Waals surface area contributed by atoms with Gasteiger partial charge in [0.1, 0.15) is 12.7 Å². The van der Waals surface area contributed by atoms with Gasteiger partial charge in [0.25, 0.3) is 0 Å². The Morgan fingerprint density at radius 1 is 0.833 bits per heavy atom. The Labute approximate surface area is 185 Å². The lowest BCUT2D eigenvalue weighted by atomic mass is 10.1. The molecule has 2 unspecified atom stereocenters. The molecule has 4 N–H and O–H groups in total. The minimum absolute atomic E-state index is 0. The lowest BCUT2D eigenvalue weighted by Crippen LogP contribution is -2.30. The SMILES string of the molecule is C.C.CC(C)CCCNC(=O)OC(C)CO.CC(C)CCCNC(=O)OCC(C)O. The minimum Gasteiger partial charge on any atom is -0.447 e. The van der Waals surface area contributed by atoms with Gasteiger partial charge in [0.2, 0.25) is 0 Å². The molecule has 0 aromatic carbocycles. The van der Waals surface area contributed by atoms with E-state index in [1.54, 1.807) is 13.8 Å². The number of hydrogen-bond acceptors (Lipinski definition) is 6. The maximum atomic E-state index is 11.0. The maximum absolute atomic E-state index is 11.0. The molecule has 0 bridgehead atoms. The Morgan fingerprint density at radius 2 is 1.27 bits per heavy atom. The molecule has 0 aliphatic carbocycles. The van der Waals surface area contributed by atoms with Gasteiger partial charge in [-0.15, -0.1) is 0 Å².